The molecule has 0 saturated heterocycles. The molecule has 0 atom stereocenters. The predicted molar refractivity (Wildman–Crippen MR) is 49.3 cm³/mol. The Morgan fingerprint density at radius 2 is 2.06 bits per heavy atom. The molecule has 1 aromatic rings. The van der Waals surface area contributed by atoms with Crippen LogP contribution in [0.15, 0.2) is 6.07 Å². The molecule has 0 unspecified atom stereocenters. The van der Waals surface area contributed by atoms with Crippen LogP contribution in [0.2, 0.25) is 0 Å². The van der Waals surface area contributed by atoms with Crippen molar-refractivity contribution in [3.05, 3.63) is 23.0 Å². The summed E-state index contributed by atoms with van der Waals surface area (Å²) in [5.74, 6) is -1.33. The number of rotatable bonds is 2. The number of carboxylic acid groups (broad SMARTS) is 1. The Kier molecular flexibility index (Phi) is 2.25. The van der Waals surface area contributed by atoms with E-state index in [1.165, 1.54) is 7.05 Å². The minimum Gasteiger partial charge on any atom is -0.478 e. The second kappa shape index (κ2) is 3.26. The summed E-state index contributed by atoms with van der Waals surface area (Å²) in [5.41, 5.74) is -0.830. The summed E-state index contributed by atoms with van der Waals surface area (Å²) in [7, 11) is 1.27. The van der Waals surface area contributed by atoms with Crippen LogP contribution in [-0.2, 0) is 13.2 Å². The molecule has 1 heterocycles. The summed E-state index contributed by atoms with van der Waals surface area (Å²) in [5, 5.41) is 8.87. The maximum Gasteiger partial charge on any atom is 0.431 e. The Bertz CT molecular complexity index is 444. The van der Waals surface area contributed by atoms with Crippen LogP contribution in [0.1, 0.15) is 40.5 Å². The first kappa shape index (κ1) is 11.0. The van der Waals surface area contributed by atoms with E-state index in [0.717, 1.165) is 23.5 Å². The molecule has 2 rings (SSSR count). The van der Waals surface area contributed by atoms with E-state index in [1.54, 1.807) is 0 Å². The van der Waals surface area contributed by atoms with E-state index in [1.807, 2.05) is 0 Å². The molecule has 0 radical (unpaired) electrons. The van der Waals surface area contributed by atoms with Crippen LogP contribution in [0.25, 0.3) is 0 Å². The van der Waals surface area contributed by atoms with Crippen molar-refractivity contribution in [1.82, 2.24) is 4.57 Å². The molecule has 1 aliphatic carbocycles. The van der Waals surface area contributed by atoms with Crippen molar-refractivity contribution in [3.63, 3.8) is 0 Å². The van der Waals surface area contributed by atoms with Crippen molar-refractivity contribution in [1.29, 1.82) is 0 Å². The normalized spacial score (nSPS) is 16.5. The maximum atomic E-state index is 12.6. The molecule has 16 heavy (non-hydrogen) atoms. The molecule has 1 N–H and O–H groups in total. The van der Waals surface area contributed by atoms with Crippen LogP contribution in [0.3, 0.4) is 0 Å². The maximum absolute atomic E-state index is 12.6. The Morgan fingerprint density at radius 1 is 1.50 bits per heavy atom. The van der Waals surface area contributed by atoms with Crippen molar-refractivity contribution >= 4 is 5.97 Å². The first-order valence-corrected chi connectivity index (χ1v) is 4.82. The zero-order valence-corrected chi connectivity index (χ0v) is 8.51. The molecule has 0 spiro atoms. The number of aromatic nitrogens is 1. The van der Waals surface area contributed by atoms with Gasteiger partial charge in [-0.1, -0.05) is 0 Å². The fourth-order valence-corrected chi connectivity index (χ4v) is 1.91. The van der Waals surface area contributed by atoms with Gasteiger partial charge in [0, 0.05) is 18.7 Å². The van der Waals surface area contributed by atoms with Gasteiger partial charge in [0.25, 0.3) is 0 Å². The average molecular weight is 233 g/mol. The Balaban J connectivity index is 2.58. The van der Waals surface area contributed by atoms with Gasteiger partial charge in [0.05, 0.1) is 5.56 Å². The molecule has 0 bridgehead atoms. The quantitative estimate of drug-likeness (QED) is 0.853. The zero-order chi connectivity index (χ0) is 12.1. The largest absolute Gasteiger partial charge is 0.478 e. The summed E-state index contributed by atoms with van der Waals surface area (Å²) < 4.78 is 38.7. The smallest absolute Gasteiger partial charge is 0.431 e. The highest BCUT2D eigenvalue weighted by Gasteiger charge is 2.40. The summed E-state index contributed by atoms with van der Waals surface area (Å²) in [6.45, 7) is 0. The number of hydrogen-bond donors (Lipinski definition) is 1. The molecular weight excluding hydrogens is 223 g/mol. The minimum absolute atomic E-state index is 0.0350. The molecule has 88 valence electrons. The van der Waals surface area contributed by atoms with E-state index in [9.17, 15) is 18.0 Å². The van der Waals surface area contributed by atoms with Crippen LogP contribution in [0.5, 0.6) is 0 Å². The average Bonchev–Trinajstić information content (AvgIpc) is 2.87. The Labute approximate surface area is 89.5 Å². The second-order valence-electron chi connectivity index (χ2n) is 3.96. The van der Waals surface area contributed by atoms with Gasteiger partial charge in [-0.3, -0.25) is 0 Å². The number of halogens is 3. The number of aromatic carboxylic acids is 1. The van der Waals surface area contributed by atoms with Gasteiger partial charge in [0.1, 0.15) is 5.69 Å². The number of hydrogen-bond acceptors (Lipinski definition) is 1. The van der Waals surface area contributed by atoms with Gasteiger partial charge in [-0.25, -0.2) is 4.79 Å². The van der Waals surface area contributed by atoms with Crippen LogP contribution >= 0.6 is 0 Å². The van der Waals surface area contributed by atoms with Crippen molar-refractivity contribution < 1.29 is 23.1 Å². The van der Waals surface area contributed by atoms with Crippen LogP contribution in [0.4, 0.5) is 13.2 Å². The molecule has 6 heteroatoms. The molecule has 1 aromatic heterocycles. The van der Waals surface area contributed by atoms with Gasteiger partial charge in [-0.15, -0.1) is 0 Å². The van der Waals surface area contributed by atoms with Gasteiger partial charge in [0.15, 0.2) is 0 Å². The van der Waals surface area contributed by atoms with E-state index in [-0.39, 0.29) is 11.5 Å². The number of carbonyl (C=O) groups is 1. The number of alkyl halides is 3. The van der Waals surface area contributed by atoms with E-state index < -0.39 is 17.8 Å². The number of carboxylic acids is 1. The van der Waals surface area contributed by atoms with Crippen LogP contribution < -0.4 is 0 Å². The highest BCUT2D eigenvalue weighted by Crippen LogP contribution is 2.44. The van der Waals surface area contributed by atoms with Crippen molar-refractivity contribution in [2.75, 3.05) is 0 Å². The second-order valence-corrected chi connectivity index (χ2v) is 3.96. The monoisotopic (exact) mass is 233 g/mol. The van der Waals surface area contributed by atoms with E-state index in [0.29, 0.717) is 5.69 Å². The van der Waals surface area contributed by atoms with Gasteiger partial charge in [0.2, 0.25) is 0 Å². The third-order valence-electron chi connectivity index (χ3n) is 2.76. The molecule has 1 saturated carbocycles. The highest BCUT2D eigenvalue weighted by molar-refractivity contribution is 5.90. The number of nitrogens with zero attached hydrogens (tertiary/aromatic N) is 1. The lowest BCUT2D eigenvalue weighted by atomic mass is 10.2. The van der Waals surface area contributed by atoms with Gasteiger partial charge in [-0.2, -0.15) is 13.2 Å². The third kappa shape index (κ3) is 1.68. The van der Waals surface area contributed by atoms with E-state index >= 15 is 0 Å². The van der Waals surface area contributed by atoms with Gasteiger partial charge in [-0.05, 0) is 18.9 Å². The molecule has 0 aromatic carbocycles. The predicted octanol–water partition coefficient (Wildman–Crippen LogP) is 2.62. The van der Waals surface area contributed by atoms with Gasteiger partial charge < -0.3 is 9.67 Å². The summed E-state index contributed by atoms with van der Waals surface area (Å²) in [4.78, 5) is 10.9. The third-order valence-corrected chi connectivity index (χ3v) is 2.76. The molecule has 1 aliphatic rings. The first-order chi connectivity index (χ1) is 7.32. The van der Waals surface area contributed by atoms with E-state index in [2.05, 4.69) is 0 Å². The fourth-order valence-electron chi connectivity index (χ4n) is 1.91. The van der Waals surface area contributed by atoms with Crippen molar-refractivity contribution in [2.45, 2.75) is 24.9 Å². The van der Waals surface area contributed by atoms with Crippen molar-refractivity contribution in [2.24, 2.45) is 7.05 Å². The van der Waals surface area contributed by atoms with Gasteiger partial charge >= 0.3 is 12.1 Å². The summed E-state index contributed by atoms with van der Waals surface area (Å²) in [6, 6.07) is 0.718. The topological polar surface area (TPSA) is 42.2 Å². The molecule has 0 aliphatic heterocycles. The lowest BCUT2D eigenvalue weighted by Gasteiger charge is -2.09. The highest BCUT2D eigenvalue weighted by atomic mass is 19.4. The minimum atomic E-state index is -4.51. The standard InChI is InChI=1S/C10H10F3NO2/c1-14-7(10(11,12)13)4-6(9(15)16)8(14)5-2-3-5/h4-5H,2-3H2,1H3,(H,15,16). The summed E-state index contributed by atoms with van der Waals surface area (Å²) in [6.07, 6.45) is -2.99. The molecule has 3 nitrogen and oxygen atoms in total. The lowest BCUT2D eigenvalue weighted by molar-refractivity contribution is -0.143. The Hall–Kier alpha value is -1.46. The van der Waals surface area contributed by atoms with E-state index in [4.69, 9.17) is 5.11 Å². The first-order valence-electron chi connectivity index (χ1n) is 4.82. The van der Waals surface area contributed by atoms with Crippen LogP contribution in [0, 0.1) is 0 Å². The Morgan fingerprint density at radius 3 is 2.44 bits per heavy atom. The molecule has 0 amide bonds. The van der Waals surface area contributed by atoms with Crippen molar-refractivity contribution in [3.8, 4) is 0 Å². The van der Waals surface area contributed by atoms with Crippen LogP contribution in [-0.4, -0.2) is 15.6 Å². The summed E-state index contributed by atoms with van der Waals surface area (Å²) >= 11 is 0. The fraction of sp³-hybridized carbons (Fsp3) is 0.500. The zero-order valence-electron chi connectivity index (χ0n) is 8.51. The lowest BCUT2D eigenvalue weighted by Crippen LogP contribution is -2.12. The molecule has 1 fully saturated rings. The molecular formula is C10H10F3NO2. The SMILES string of the molecule is Cn1c(C(F)(F)F)cc(C(=O)O)c1C1CC1.